The number of hydrogen-bond acceptors (Lipinski definition) is 1. The maximum atomic E-state index is 11.3. The molecule has 4 bridgehead atoms. The summed E-state index contributed by atoms with van der Waals surface area (Å²) in [6.07, 6.45) is 5.26. The molecule has 5 rings (SSSR count). The molecule has 126 valence electrons. The normalized spacial score (nSPS) is 44.7. The Morgan fingerprint density at radius 2 is 1.39 bits per heavy atom. The molecule has 0 unspecified atom stereocenters. The molecule has 0 amide bonds. The first-order valence-electron chi connectivity index (χ1n) is 9.56. The summed E-state index contributed by atoms with van der Waals surface area (Å²) in [5.41, 5.74) is 1.82. The van der Waals surface area contributed by atoms with Crippen molar-refractivity contribution in [2.24, 2.45) is 10.8 Å². The SMILES string of the molecule is CCCC12C[NH+]3CC(CCC)(C[NH+](C1)C3c1ccccc1)C2O. The third-order valence-electron chi connectivity index (χ3n) is 6.92. The van der Waals surface area contributed by atoms with Crippen LogP contribution in [0.2, 0.25) is 0 Å². The van der Waals surface area contributed by atoms with Crippen LogP contribution in [0.1, 0.15) is 51.3 Å². The van der Waals surface area contributed by atoms with Gasteiger partial charge in [0.25, 0.3) is 0 Å². The summed E-state index contributed by atoms with van der Waals surface area (Å²) in [6, 6.07) is 11.1. The Labute approximate surface area is 140 Å². The van der Waals surface area contributed by atoms with E-state index >= 15 is 0 Å². The van der Waals surface area contributed by atoms with Crippen molar-refractivity contribution in [3.8, 4) is 0 Å². The lowest BCUT2D eigenvalue weighted by molar-refractivity contribution is -1.19. The standard InChI is InChI=1S/C20H30N2O/c1-3-10-19-12-21-14-20(11-4-2,18(19)23)15-22(13-19)17(21)16-8-6-5-7-9-16/h5-9,17-18,23H,3-4,10-15H2,1-2H3/p+2. The Morgan fingerprint density at radius 3 is 1.83 bits per heavy atom. The summed E-state index contributed by atoms with van der Waals surface area (Å²) >= 11 is 0. The van der Waals surface area contributed by atoms with Crippen LogP contribution in [-0.2, 0) is 0 Å². The Bertz CT molecular complexity index is 516. The van der Waals surface area contributed by atoms with Crippen LogP contribution in [0.4, 0.5) is 0 Å². The van der Waals surface area contributed by atoms with Crippen molar-refractivity contribution in [2.75, 3.05) is 26.2 Å². The van der Waals surface area contributed by atoms with E-state index in [2.05, 4.69) is 44.2 Å². The van der Waals surface area contributed by atoms with Crippen LogP contribution in [-0.4, -0.2) is 37.4 Å². The number of benzene rings is 1. The molecule has 23 heavy (non-hydrogen) atoms. The van der Waals surface area contributed by atoms with Gasteiger partial charge in [0.2, 0.25) is 6.17 Å². The lowest BCUT2D eigenvalue weighted by Gasteiger charge is -2.64. The average Bonchev–Trinajstić information content (AvgIpc) is 2.53. The van der Waals surface area contributed by atoms with Gasteiger partial charge in [-0.3, -0.25) is 9.80 Å². The first kappa shape index (κ1) is 15.6. The smallest absolute Gasteiger partial charge is 0.240 e. The first-order valence-corrected chi connectivity index (χ1v) is 9.56. The maximum Gasteiger partial charge on any atom is 0.240 e. The monoisotopic (exact) mass is 316 g/mol. The van der Waals surface area contributed by atoms with Gasteiger partial charge in [0.15, 0.2) is 0 Å². The summed E-state index contributed by atoms with van der Waals surface area (Å²) in [5.74, 6) is 0. The van der Waals surface area contributed by atoms with Crippen LogP contribution in [0, 0.1) is 10.8 Å². The van der Waals surface area contributed by atoms with Gasteiger partial charge >= 0.3 is 0 Å². The second-order valence-corrected chi connectivity index (χ2v) is 8.49. The Morgan fingerprint density at radius 1 is 0.913 bits per heavy atom. The van der Waals surface area contributed by atoms with E-state index in [9.17, 15) is 5.11 Å². The highest BCUT2D eigenvalue weighted by Gasteiger charge is 2.70. The highest BCUT2D eigenvalue weighted by molar-refractivity contribution is 5.17. The number of quaternary nitrogens is 2. The predicted molar refractivity (Wildman–Crippen MR) is 91.3 cm³/mol. The van der Waals surface area contributed by atoms with Crippen LogP contribution in [0.5, 0.6) is 0 Å². The van der Waals surface area contributed by atoms with Gasteiger partial charge in [0.05, 0.1) is 48.7 Å². The number of aliphatic hydroxyl groups excluding tert-OH is 1. The fourth-order valence-electron chi connectivity index (χ4n) is 6.53. The van der Waals surface area contributed by atoms with Crippen molar-refractivity contribution in [3.05, 3.63) is 35.9 Å². The summed E-state index contributed by atoms with van der Waals surface area (Å²) in [7, 11) is 0. The summed E-state index contributed by atoms with van der Waals surface area (Å²) in [6.45, 7) is 9.21. The number of nitrogens with one attached hydrogen (secondary N) is 2. The molecule has 3 heteroatoms. The summed E-state index contributed by atoms with van der Waals surface area (Å²) in [5, 5.41) is 11.3. The molecule has 4 aliphatic rings. The molecule has 4 heterocycles. The van der Waals surface area contributed by atoms with E-state index < -0.39 is 0 Å². The van der Waals surface area contributed by atoms with Gasteiger partial charge < -0.3 is 5.11 Å². The fourth-order valence-corrected chi connectivity index (χ4v) is 6.53. The van der Waals surface area contributed by atoms with Crippen molar-refractivity contribution in [3.63, 3.8) is 0 Å². The third kappa shape index (κ3) is 2.20. The molecular formula is C20H32N2O+2. The van der Waals surface area contributed by atoms with Gasteiger partial charge in [-0.2, -0.15) is 0 Å². The fraction of sp³-hybridized carbons (Fsp3) is 0.700. The van der Waals surface area contributed by atoms with E-state index in [1.807, 2.05) is 0 Å². The van der Waals surface area contributed by atoms with Crippen LogP contribution >= 0.6 is 0 Å². The zero-order valence-corrected chi connectivity index (χ0v) is 14.6. The molecule has 4 aliphatic heterocycles. The van der Waals surface area contributed by atoms with Gasteiger partial charge in [-0.05, 0) is 25.0 Å². The van der Waals surface area contributed by atoms with E-state index in [1.54, 1.807) is 9.80 Å². The molecule has 4 fully saturated rings. The second-order valence-electron chi connectivity index (χ2n) is 8.49. The van der Waals surface area contributed by atoms with Crippen LogP contribution in [0.15, 0.2) is 30.3 Å². The minimum Gasteiger partial charge on any atom is -0.391 e. The molecule has 0 aromatic heterocycles. The van der Waals surface area contributed by atoms with E-state index in [-0.39, 0.29) is 16.9 Å². The number of piperidine rings is 2. The largest absolute Gasteiger partial charge is 0.391 e. The van der Waals surface area contributed by atoms with Gasteiger partial charge in [0.1, 0.15) is 0 Å². The van der Waals surface area contributed by atoms with E-state index in [1.165, 1.54) is 31.2 Å². The predicted octanol–water partition coefficient (Wildman–Crippen LogP) is 0.430. The van der Waals surface area contributed by atoms with E-state index in [0.717, 1.165) is 26.2 Å². The van der Waals surface area contributed by atoms with Gasteiger partial charge in [-0.1, -0.05) is 44.9 Å². The lowest BCUT2D eigenvalue weighted by Crippen LogP contribution is -3.41. The maximum absolute atomic E-state index is 11.3. The van der Waals surface area contributed by atoms with E-state index in [4.69, 9.17) is 0 Å². The van der Waals surface area contributed by atoms with Crippen molar-refractivity contribution in [1.29, 1.82) is 0 Å². The summed E-state index contributed by atoms with van der Waals surface area (Å²) in [4.78, 5) is 3.46. The minimum atomic E-state index is -0.0841. The molecule has 0 spiro atoms. The Hall–Kier alpha value is -0.900. The molecule has 1 aromatic rings. The Balaban J connectivity index is 1.72. The topological polar surface area (TPSA) is 29.1 Å². The van der Waals surface area contributed by atoms with Crippen LogP contribution in [0.3, 0.4) is 0 Å². The molecule has 0 aliphatic carbocycles. The molecular weight excluding hydrogens is 284 g/mol. The molecule has 4 saturated heterocycles. The van der Waals surface area contributed by atoms with Gasteiger partial charge in [0, 0.05) is 0 Å². The molecule has 0 radical (unpaired) electrons. The third-order valence-corrected chi connectivity index (χ3v) is 6.92. The van der Waals surface area contributed by atoms with Crippen molar-refractivity contribution in [2.45, 2.75) is 51.8 Å². The molecule has 0 saturated carbocycles. The van der Waals surface area contributed by atoms with Crippen LogP contribution in [0.25, 0.3) is 0 Å². The van der Waals surface area contributed by atoms with Crippen molar-refractivity contribution >= 4 is 0 Å². The zero-order chi connectivity index (χ0) is 16.1. The number of aliphatic hydroxyl groups is 1. The second kappa shape index (κ2) is 5.58. The zero-order valence-electron chi connectivity index (χ0n) is 14.6. The van der Waals surface area contributed by atoms with Crippen LogP contribution < -0.4 is 9.80 Å². The molecule has 3 nitrogen and oxygen atoms in total. The van der Waals surface area contributed by atoms with Gasteiger partial charge in [-0.15, -0.1) is 0 Å². The van der Waals surface area contributed by atoms with E-state index in [0.29, 0.717) is 6.17 Å². The summed E-state index contributed by atoms with van der Waals surface area (Å²) < 4.78 is 0. The highest BCUT2D eigenvalue weighted by atomic mass is 16.3. The first-order chi connectivity index (χ1) is 11.1. The minimum absolute atomic E-state index is 0.0841. The highest BCUT2D eigenvalue weighted by Crippen LogP contribution is 2.45. The number of hydrogen-bond donors (Lipinski definition) is 3. The molecule has 0 atom stereocenters. The lowest BCUT2D eigenvalue weighted by atomic mass is 9.56. The molecule has 3 N–H and O–H groups in total. The Kier molecular flexibility index (Phi) is 3.79. The quantitative estimate of drug-likeness (QED) is 0.722. The average molecular weight is 316 g/mol. The van der Waals surface area contributed by atoms with Crippen molar-refractivity contribution < 1.29 is 14.9 Å². The molecule has 1 aromatic carbocycles. The van der Waals surface area contributed by atoms with Gasteiger partial charge in [-0.25, -0.2) is 0 Å². The number of rotatable bonds is 5. The van der Waals surface area contributed by atoms with Crippen molar-refractivity contribution in [1.82, 2.24) is 0 Å².